The van der Waals surface area contributed by atoms with Crippen LogP contribution in [0.2, 0.25) is 5.02 Å². The lowest BCUT2D eigenvalue weighted by Gasteiger charge is -2.27. The largest absolute Gasteiger partial charge is 0.497 e. The summed E-state index contributed by atoms with van der Waals surface area (Å²) in [5.74, 6) is 1.61. The Morgan fingerprint density at radius 1 is 1.14 bits per heavy atom. The highest BCUT2D eigenvalue weighted by Crippen LogP contribution is 2.39. The molecule has 0 aliphatic heterocycles. The van der Waals surface area contributed by atoms with Gasteiger partial charge in [-0.3, -0.25) is 0 Å². The first kappa shape index (κ1) is 23.6. The number of nitrogens with zero attached hydrogens (tertiary/aromatic N) is 4. The Kier molecular flexibility index (Phi) is 6.65. The van der Waals surface area contributed by atoms with Crippen molar-refractivity contribution < 1.29 is 9.13 Å². The van der Waals surface area contributed by atoms with Crippen molar-refractivity contribution >= 4 is 23.1 Å². The number of hydrogen-bond acceptors (Lipinski definition) is 4. The highest BCUT2D eigenvalue weighted by Gasteiger charge is 2.28. The number of unbranched alkanes of at least 4 members (excludes halogenated alkanes) is 1. The summed E-state index contributed by atoms with van der Waals surface area (Å²) in [4.78, 5) is 7.50. The number of hydrogen-bond donors (Lipinski definition) is 0. The van der Waals surface area contributed by atoms with Crippen molar-refractivity contribution in [2.45, 2.75) is 52.5 Å². The SMILES string of the molecule is CCCCN(Cc1ccc(F)cc1)c1c2c(nc3c(-c4cc(OC)ccc4Cl)c(C)nn13)CCC2. The Morgan fingerprint density at radius 2 is 1.94 bits per heavy atom. The zero-order valence-corrected chi connectivity index (χ0v) is 21.2. The van der Waals surface area contributed by atoms with E-state index in [4.69, 9.17) is 26.4 Å². The molecule has 35 heavy (non-hydrogen) atoms. The van der Waals surface area contributed by atoms with Crippen LogP contribution < -0.4 is 9.64 Å². The Hall–Kier alpha value is -3.12. The van der Waals surface area contributed by atoms with Crippen LogP contribution in [0.1, 0.15) is 48.7 Å². The average Bonchev–Trinajstić information content (AvgIpc) is 3.45. The van der Waals surface area contributed by atoms with E-state index in [2.05, 4.69) is 11.8 Å². The van der Waals surface area contributed by atoms with Crippen molar-refractivity contribution in [1.29, 1.82) is 0 Å². The van der Waals surface area contributed by atoms with Crippen LogP contribution in [0.15, 0.2) is 42.5 Å². The maximum Gasteiger partial charge on any atom is 0.165 e. The van der Waals surface area contributed by atoms with Gasteiger partial charge in [-0.25, -0.2) is 9.37 Å². The Bertz CT molecular complexity index is 1370. The Morgan fingerprint density at radius 3 is 2.69 bits per heavy atom. The van der Waals surface area contributed by atoms with Crippen LogP contribution in [-0.2, 0) is 19.4 Å². The van der Waals surface area contributed by atoms with E-state index < -0.39 is 0 Å². The molecule has 0 atom stereocenters. The lowest BCUT2D eigenvalue weighted by molar-refractivity contribution is 0.415. The second-order valence-electron chi connectivity index (χ2n) is 9.16. The third-order valence-corrected chi connectivity index (χ3v) is 7.08. The molecule has 0 spiro atoms. The molecule has 5 nitrogen and oxygen atoms in total. The zero-order valence-electron chi connectivity index (χ0n) is 20.4. The molecule has 5 rings (SSSR count). The number of methoxy groups -OCH3 is 1. The predicted molar refractivity (Wildman–Crippen MR) is 139 cm³/mol. The molecule has 2 aromatic carbocycles. The zero-order chi connectivity index (χ0) is 24.5. The standard InChI is InChI=1S/C28H30ClFN4O/c1-4-5-15-33(17-19-9-11-20(30)12-10-19)28-22-7-6-8-25(22)31-27-26(18(2)32-34(27)28)23-16-21(35-3)13-14-24(23)29/h9-14,16H,4-8,15,17H2,1-3H3. The number of fused-ring (bicyclic) bond motifs is 2. The smallest absolute Gasteiger partial charge is 0.165 e. The summed E-state index contributed by atoms with van der Waals surface area (Å²) in [7, 11) is 1.65. The lowest BCUT2D eigenvalue weighted by Crippen LogP contribution is -2.28. The molecular weight excluding hydrogens is 463 g/mol. The van der Waals surface area contributed by atoms with E-state index in [9.17, 15) is 4.39 Å². The summed E-state index contributed by atoms with van der Waals surface area (Å²) in [5.41, 5.74) is 6.95. The van der Waals surface area contributed by atoms with Crippen LogP contribution in [0.25, 0.3) is 16.8 Å². The van der Waals surface area contributed by atoms with Crippen molar-refractivity contribution in [2.75, 3.05) is 18.6 Å². The minimum Gasteiger partial charge on any atom is -0.497 e. The molecule has 0 N–H and O–H groups in total. The van der Waals surface area contributed by atoms with E-state index in [-0.39, 0.29) is 5.82 Å². The monoisotopic (exact) mass is 492 g/mol. The van der Waals surface area contributed by atoms with Crippen LogP contribution in [-0.4, -0.2) is 28.3 Å². The average molecular weight is 493 g/mol. The summed E-state index contributed by atoms with van der Waals surface area (Å²) in [6.45, 7) is 5.77. The molecule has 1 aliphatic carbocycles. The van der Waals surface area contributed by atoms with Gasteiger partial charge in [0.15, 0.2) is 5.65 Å². The van der Waals surface area contributed by atoms with Gasteiger partial charge in [0.2, 0.25) is 0 Å². The third-order valence-electron chi connectivity index (χ3n) is 6.75. The molecule has 7 heteroatoms. The molecular formula is C28H30ClFN4O. The molecule has 0 bridgehead atoms. The van der Waals surface area contributed by atoms with Crippen LogP contribution in [0.4, 0.5) is 10.2 Å². The molecule has 4 aromatic rings. The van der Waals surface area contributed by atoms with Crippen molar-refractivity contribution in [3.8, 4) is 16.9 Å². The van der Waals surface area contributed by atoms with Crippen LogP contribution in [0, 0.1) is 12.7 Å². The van der Waals surface area contributed by atoms with Crippen LogP contribution in [0.3, 0.4) is 0 Å². The summed E-state index contributed by atoms with van der Waals surface area (Å²) < 4.78 is 21.1. The van der Waals surface area contributed by atoms with Gasteiger partial charge in [0, 0.05) is 34.9 Å². The fraction of sp³-hybridized carbons (Fsp3) is 0.357. The summed E-state index contributed by atoms with van der Waals surface area (Å²) in [6.07, 6.45) is 5.14. The number of aryl methyl sites for hydroxylation is 2. The van der Waals surface area contributed by atoms with Gasteiger partial charge in [0.1, 0.15) is 17.4 Å². The second kappa shape index (κ2) is 9.86. The first-order valence-electron chi connectivity index (χ1n) is 12.2. The van der Waals surface area contributed by atoms with Gasteiger partial charge in [-0.05, 0) is 68.5 Å². The summed E-state index contributed by atoms with van der Waals surface area (Å²) >= 11 is 6.66. The molecule has 2 heterocycles. The maximum absolute atomic E-state index is 13.6. The molecule has 0 radical (unpaired) electrons. The van der Waals surface area contributed by atoms with Gasteiger partial charge in [0.25, 0.3) is 0 Å². The molecule has 1 aliphatic rings. The quantitative estimate of drug-likeness (QED) is 0.271. The summed E-state index contributed by atoms with van der Waals surface area (Å²) in [5, 5.41) is 5.64. The van der Waals surface area contributed by atoms with Gasteiger partial charge >= 0.3 is 0 Å². The van der Waals surface area contributed by atoms with Crippen molar-refractivity contribution in [1.82, 2.24) is 14.6 Å². The molecule has 182 valence electrons. The van der Waals surface area contributed by atoms with Gasteiger partial charge in [-0.2, -0.15) is 9.61 Å². The molecule has 0 fully saturated rings. The van der Waals surface area contributed by atoms with E-state index in [1.165, 1.54) is 17.7 Å². The summed E-state index contributed by atoms with van der Waals surface area (Å²) in [6, 6.07) is 12.5. The first-order chi connectivity index (χ1) is 17.0. The number of anilines is 1. The van der Waals surface area contributed by atoms with Crippen molar-refractivity contribution in [3.63, 3.8) is 0 Å². The molecule has 0 amide bonds. The Balaban J connectivity index is 1.71. The second-order valence-corrected chi connectivity index (χ2v) is 9.56. The number of halogens is 2. The number of ether oxygens (including phenoxy) is 1. The van der Waals surface area contributed by atoms with E-state index in [0.29, 0.717) is 11.6 Å². The number of benzene rings is 2. The molecule has 0 saturated heterocycles. The topological polar surface area (TPSA) is 42.7 Å². The maximum atomic E-state index is 13.6. The molecule has 0 saturated carbocycles. The van der Waals surface area contributed by atoms with E-state index >= 15 is 0 Å². The fourth-order valence-electron chi connectivity index (χ4n) is 5.00. The van der Waals surface area contributed by atoms with Gasteiger partial charge in [-0.1, -0.05) is 37.1 Å². The third kappa shape index (κ3) is 4.47. The van der Waals surface area contributed by atoms with Gasteiger partial charge in [0.05, 0.1) is 18.4 Å². The van der Waals surface area contributed by atoms with Crippen LogP contribution in [0.5, 0.6) is 5.75 Å². The highest BCUT2D eigenvalue weighted by molar-refractivity contribution is 6.33. The van der Waals surface area contributed by atoms with Crippen molar-refractivity contribution in [3.05, 3.63) is 75.8 Å². The lowest BCUT2D eigenvalue weighted by atomic mass is 10.1. The van der Waals surface area contributed by atoms with Crippen molar-refractivity contribution in [2.24, 2.45) is 0 Å². The number of rotatable bonds is 8. The van der Waals surface area contributed by atoms with E-state index in [1.807, 2.05) is 41.8 Å². The van der Waals surface area contributed by atoms with E-state index in [0.717, 1.165) is 83.9 Å². The highest BCUT2D eigenvalue weighted by atomic mass is 35.5. The fourth-order valence-corrected chi connectivity index (χ4v) is 5.21. The predicted octanol–water partition coefficient (Wildman–Crippen LogP) is 6.80. The number of aromatic nitrogens is 3. The minimum atomic E-state index is -0.219. The van der Waals surface area contributed by atoms with Gasteiger partial charge < -0.3 is 9.64 Å². The normalized spacial score (nSPS) is 12.8. The molecule has 2 aromatic heterocycles. The minimum absolute atomic E-state index is 0.219. The van der Waals surface area contributed by atoms with E-state index in [1.54, 1.807) is 7.11 Å². The Labute approximate surface area is 210 Å². The first-order valence-corrected chi connectivity index (χ1v) is 12.6. The molecule has 0 unspecified atom stereocenters. The van der Waals surface area contributed by atoms with Crippen LogP contribution >= 0.6 is 11.6 Å². The van der Waals surface area contributed by atoms with Gasteiger partial charge in [-0.15, -0.1) is 0 Å².